The summed E-state index contributed by atoms with van der Waals surface area (Å²) in [4.78, 5) is 121. The molecule has 26 atom stereocenters. The molecule has 125 heavy (non-hydrogen) atoms. The van der Waals surface area contributed by atoms with Crippen LogP contribution >= 0.6 is 23.2 Å². The van der Waals surface area contributed by atoms with Crippen molar-refractivity contribution in [3.05, 3.63) is 117 Å². The van der Waals surface area contributed by atoms with E-state index in [1.807, 2.05) is 0 Å². The molecular formula is C80H101Cl2N11O32. The average molecular weight is 1800 g/mol. The second kappa shape index (κ2) is 40.2. The van der Waals surface area contributed by atoms with E-state index in [1.54, 1.807) is 20.8 Å². The summed E-state index contributed by atoms with van der Waals surface area (Å²) >= 11 is 14.3. The Labute approximate surface area is 721 Å². The Hall–Kier alpha value is -9.60. The Balaban J connectivity index is 0.964. The first-order valence-corrected chi connectivity index (χ1v) is 40.8. The van der Waals surface area contributed by atoms with Crippen molar-refractivity contribution in [2.75, 3.05) is 46.5 Å². The third kappa shape index (κ3) is 21.2. The number of carbonyl (C=O) groups excluding carboxylic acids is 8. The molecule has 0 aromatic heterocycles. The molecule has 9 aliphatic heterocycles. The molecule has 5 aromatic carbocycles. The van der Waals surface area contributed by atoms with Crippen LogP contribution in [0.15, 0.2) is 78.9 Å². The molecule has 8 amide bonds. The number of hydrogen-bond donors (Lipinski definition) is 26. The third-order valence-electron chi connectivity index (χ3n) is 22.3. The van der Waals surface area contributed by atoms with Gasteiger partial charge in [-0.25, -0.2) is 0 Å². The van der Waals surface area contributed by atoms with Crippen molar-refractivity contribution in [3.63, 3.8) is 0 Å². The average Bonchev–Trinajstić information content (AvgIpc) is 1.50. The molecule has 14 rings (SSSR count). The van der Waals surface area contributed by atoms with Crippen LogP contribution in [0.3, 0.4) is 0 Å². The molecule has 45 heteroatoms. The van der Waals surface area contributed by atoms with Gasteiger partial charge in [0.2, 0.25) is 59.3 Å². The summed E-state index contributed by atoms with van der Waals surface area (Å²) in [7, 11) is 1.46. The number of likely N-dealkylation sites (N-methyl/N-ethyl adjacent to an activating group) is 1. The van der Waals surface area contributed by atoms with E-state index in [4.69, 9.17) is 77.3 Å². The highest BCUT2D eigenvalue weighted by atomic mass is 35.5. The minimum absolute atomic E-state index is 0.00429. The van der Waals surface area contributed by atoms with E-state index in [-0.39, 0.29) is 78.9 Å². The molecule has 682 valence electrons. The zero-order chi connectivity index (χ0) is 90.6. The number of halogens is 2. The van der Waals surface area contributed by atoms with Crippen molar-refractivity contribution in [2.24, 2.45) is 17.4 Å². The number of aliphatic hydroxyl groups is 12. The van der Waals surface area contributed by atoms with Crippen LogP contribution in [0, 0.1) is 5.92 Å². The van der Waals surface area contributed by atoms with Gasteiger partial charge in [0.1, 0.15) is 144 Å². The summed E-state index contributed by atoms with van der Waals surface area (Å²) in [6, 6.07) is -0.727. The predicted octanol–water partition coefficient (Wildman–Crippen LogP) is -4.62. The number of hydrogen-bond acceptors (Lipinski definition) is 35. The van der Waals surface area contributed by atoms with Crippen molar-refractivity contribution in [1.82, 2.24) is 47.9 Å². The van der Waals surface area contributed by atoms with E-state index in [1.165, 1.54) is 19.2 Å². The molecule has 4 saturated heterocycles. The Bertz CT molecular complexity index is 4790. The largest absolute Gasteiger partial charge is 0.508 e. The van der Waals surface area contributed by atoms with Gasteiger partial charge in [-0.3, -0.25) is 38.4 Å². The summed E-state index contributed by atoms with van der Waals surface area (Å²) in [5.41, 5.74) is 7.43. The monoisotopic (exact) mass is 1800 g/mol. The summed E-state index contributed by atoms with van der Waals surface area (Å²) in [6.45, 7) is 2.74. The smallest absolute Gasteiger partial charge is 0.248 e. The fourth-order valence-electron chi connectivity index (χ4n) is 15.4. The number of amides is 8. The fourth-order valence-corrected chi connectivity index (χ4v) is 15.9. The van der Waals surface area contributed by atoms with Gasteiger partial charge in [0.15, 0.2) is 30.2 Å². The Morgan fingerprint density at radius 1 is 0.664 bits per heavy atom. The lowest BCUT2D eigenvalue weighted by Crippen LogP contribution is -2.64. The van der Waals surface area contributed by atoms with Gasteiger partial charge in [0.05, 0.1) is 54.5 Å². The second-order valence-corrected chi connectivity index (χ2v) is 32.5. The first kappa shape index (κ1) is 94.5. The van der Waals surface area contributed by atoms with Gasteiger partial charge in [0.25, 0.3) is 0 Å². The number of carbonyl (C=O) groups is 8. The number of fused-ring (bicyclic) bond motifs is 16. The molecule has 4 fully saturated rings. The third-order valence-corrected chi connectivity index (χ3v) is 22.8. The topological polar surface area (TPSA) is 687 Å². The number of benzene rings is 5. The van der Waals surface area contributed by atoms with Crippen molar-refractivity contribution in [2.45, 2.75) is 211 Å². The van der Waals surface area contributed by atoms with E-state index in [0.29, 0.717) is 0 Å². The highest BCUT2D eigenvalue weighted by Crippen LogP contribution is 2.51. The number of ether oxygens (including phenoxy) is 9. The van der Waals surface area contributed by atoms with Gasteiger partial charge in [-0.05, 0) is 121 Å². The minimum Gasteiger partial charge on any atom is -0.508 e. The molecule has 43 nitrogen and oxygen atoms in total. The molecule has 0 radical (unpaired) electrons. The van der Waals surface area contributed by atoms with Crippen LogP contribution in [0.5, 0.6) is 46.0 Å². The number of epoxide rings is 1. The van der Waals surface area contributed by atoms with Crippen LogP contribution in [0.2, 0.25) is 10.0 Å². The van der Waals surface area contributed by atoms with Gasteiger partial charge in [-0.2, -0.15) is 0 Å². The molecule has 0 spiro atoms. The normalized spacial score (nSPS) is 30.6. The zero-order valence-electron chi connectivity index (χ0n) is 67.4. The summed E-state index contributed by atoms with van der Waals surface area (Å²) in [5, 5.41) is 192. The predicted molar refractivity (Wildman–Crippen MR) is 428 cm³/mol. The van der Waals surface area contributed by atoms with Gasteiger partial charge in [0, 0.05) is 36.7 Å². The number of nitrogens with two attached hydrogens (primary N) is 2. The second-order valence-electron chi connectivity index (χ2n) is 31.7. The van der Waals surface area contributed by atoms with Crippen LogP contribution in [-0.4, -0.2) is 298 Å². The number of rotatable bonds is 25. The van der Waals surface area contributed by atoms with Gasteiger partial charge in [-0.15, -0.1) is 0 Å². The zero-order valence-corrected chi connectivity index (χ0v) is 68.9. The van der Waals surface area contributed by atoms with E-state index in [9.17, 15) is 91.0 Å². The Kier molecular flexibility index (Phi) is 30.4. The molecule has 11 bridgehead atoms. The van der Waals surface area contributed by atoms with Crippen molar-refractivity contribution in [1.29, 1.82) is 0 Å². The van der Waals surface area contributed by atoms with Crippen molar-refractivity contribution in [3.8, 4) is 57.1 Å². The van der Waals surface area contributed by atoms with E-state index in [2.05, 4.69) is 47.9 Å². The summed E-state index contributed by atoms with van der Waals surface area (Å²) < 4.78 is 55.1. The minimum atomic E-state index is -2.40. The lowest BCUT2D eigenvalue weighted by Gasteiger charge is -2.45. The van der Waals surface area contributed by atoms with Crippen molar-refractivity contribution < 1.29 is 158 Å². The highest BCUT2D eigenvalue weighted by molar-refractivity contribution is 6.32. The Morgan fingerprint density at radius 3 is 1.90 bits per heavy atom. The molecular weight excluding hydrogens is 1700 g/mol. The number of phenolic OH excluding ortho intramolecular Hbond substituents is 3. The molecule has 0 aliphatic carbocycles. The first-order chi connectivity index (χ1) is 59.3. The number of primary amides is 1. The maximum atomic E-state index is 16.3. The quantitative estimate of drug-likeness (QED) is 0.0193. The maximum Gasteiger partial charge on any atom is 0.248 e. The fraction of sp³-hybridized carbons (Fsp3) is 0.525. The van der Waals surface area contributed by atoms with Gasteiger partial charge in [-0.1, -0.05) is 62.2 Å². The van der Waals surface area contributed by atoms with Crippen LogP contribution in [0.4, 0.5) is 0 Å². The van der Waals surface area contributed by atoms with Gasteiger partial charge >= 0.3 is 0 Å². The lowest BCUT2D eigenvalue weighted by molar-refractivity contribution is -0.320. The number of aliphatic hydroxyl groups excluding tert-OH is 12. The Morgan fingerprint density at radius 2 is 1.28 bits per heavy atom. The van der Waals surface area contributed by atoms with E-state index < -0.39 is 299 Å². The maximum absolute atomic E-state index is 16.3. The SMILES string of the molecule is CC[C@@H](O)[C@]1(N)C[C@@H](O)OC2C(O1)[C@@H](O)[C@@H](CO)O[C@@H]2Oc1c2cc3cc1Oc1ccc(cc1Cl)[C@@H](O)[C@@H](NC(=O)[C@@H](CC(C)C)NC)C(=O)N[C@@H](CC(N)=O)C(=O)N[C@H]3C(=O)N[C@H]1C(=O)N[C@H](C(=O)N[C@H](C(=O)NCCCNCC(O)C(O)C(OC3OC(CO)C(O)C(O)C3O)C3CO3)c3cc(O)cc(O)c3-c3cc1ccc3O)[C@H](O)c1ccc(c(Cl)c1)O2. The molecule has 9 heterocycles. The van der Waals surface area contributed by atoms with Gasteiger partial charge < -0.3 is 179 Å². The number of aromatic hydroxyl groups is 3. The number of phenols is 3. The highest BCUT2D eigenvalue weighted by Gasteiger charge is 2.57. The van der Waals surface area contributed by atoms with Crippen LogP contribution in [0.1, 0.15) is 111 Å². The molecule has 0 saturated carbocycles. The molecule has 11 unspecified atom stereocenters. The lowest BCUT2D eigenvalue weighted by atomic mass is 9.89. The van der Waals surface area contributed by atoms with Crippen LogP contribution < -0.4 is 73.5 Å². The van der Waals surface area contributed by atoms with Crippen molar-refractivity contribution >= 4 is 70.5 Å². The molecule has 28 N–H and O–H groups in total. The standard InChI is InChI=1S/C80H101Cl2N11O32/c1-5-51(100)80(84)24-53(102)122-70-69(125-80)64(107)49(27-95)121-79(70)123-67-46-19-33-20-47(67)119-45-12-9-32(18-38(45)82)61(104)59-77(116)91-57(73(112)87-14-6-13-86-25-43(99)62(105)68(50-28-117-50)124-78-66(109)65(108)63(106)48(26-94)120-78)36-21-34(96)22-42(98)54(36)35-16-30(7-10-41(35)97)55(74(113)93-59)90-75(114)56(33)89-72(111)40(23-52(83)101)88-76(115)58(92-71(110)39(85-4)15-29(2)3)60(103)31-8-11-44(118-46)37(81)17-31/h7-12,16-22,29,39-40,43,48-51,53,55-66,68-70,78-79,85-86,94-100,102-109H,5-6,13-15,23-28,84H2,1-4H3,(H2,83,101)(H,87,112)(H,88,115)(H,89,111)(H,90,114)(H,91,116)(H,92,110)(H,93,113)/t39-,40+,43?,48?,49-,50?,51-,53+,55-,56-,57+,58-,59+,60-,61-,62?,63?,64+,65?,66?,68?,69?,70?,78?,79-,80+/m1/s1. The number of nitrogens with one attached hydrogen (secondary N) is 9. The van der Waals surface area contributed by atoms with E-state index in [0.717, 1.165) is 66.7 Å². The first-order valence-electron chi connectivity index (χ1n) is 40.0. The van der Waals surface area contributed by atoms with Crippen LogP contribution in [0.25, 0.3) is 11.1 Å². The molecule has 5 aromatic rings. The summed E-state index contributed by atoms with van der Waals surface area (Å²) in [6.07, 6.45) is -32.8. The van der Waals surface area contributed by atoms with E-state index >= 15 is 24.0 Å². The summed E-state index contributed by atoms with van der Waals surface area (Å²) in [5.74, 6) is -15.6. The van der Waals surface area contributed by atoms with Crippen LogP contribution in [-0.2, 0) is 66.8 Å². The molecule has 9 aliphatic rings.